The molecule has 1 atom stereocenters. The van der Waals surface area contributed by atoms with Gasteiger partial charge in [-0.1, -0.05) is 12.1 Å². The van der Waals surface area contributed by atoms with E-state index in [0.717, 1.165) is 25.9 Å². The summed E-state index contributed by atoms with van der Waals surface area (Å²) in [6.45, 7) is 3.12. The summed E-state index contributed by atoms with van der Waals surface area (Å²) in [5, 5.41) is 14.2. The van der Waals surface area contributed by atoms with Crippen molar-refractivity contribution in [2.75, 3.05) is 26.3 Å². The molecule has 3 heterocycles. The van der Waals surface area contributed by atoms with Gasteiger partial charge >= 0.3 is 0 Å². The Bertz CT molecular complexity index is 954. The van der Waals surface area contributed by atoms with Gasteiger partial charge in [0.15, 0.2) is 5.69 Å². The molecule has 8 nitrogen and oxygen atoms in total. The van der Waals surface area contributed by atoms with E-state index < -0.39 is 17.2 Å². The van der Waals surface area contributed by atoms with Crippen LogP contribution >= 0.6 is 0 Å². The summed E-state index contributed by atoms with van der Waals surface area (Å²) >= 11 is 0. The minimum atomic E-state index is -0.765. The summed E-state index contributed by atoms with van der Waals surface area (Å²) in [4.78, 5) is 31.8. The Morgan fingerprint density at radius 2 is 1.97 bits per heavy atom. The van der Waals surface area contributed by atoms with E-state index in [0.29, 0.717) is 31.1 Å². The number of fused-ring (bicyclic) bond motifs is 1. The standard InChI is InChI=1S/C20H22FN4O4/c21-14-5-3-13(4-6-14)12-22-19(27)16-17(26)20(28)25-7-1-2-15(18(25)23-16)24-8-10-29-11-9-24/h3-6,15,26H,1-2,7-12H2. The molecule has 0 bridgehead atoms. The molecule has 1 saturated heterocycles. The molecule has 0 saturated carbocycles. The molecule has 1 radical (unpaired) electrons. The van der Waals surface area contributed by atoms with Crippen LogP contribution in [0.5, 0.6) is 5.75 Å². The minimum Gasteiger partial charge on any atom is -0.501 e. The van der Waals surface area contributed by atoms with Gasteiger partial charge in [0.2, 0.25) is 5.75 Å². The number of morpholine rings is 1. The molecule has 1 aromatic carbocycles. The van der Waals surface area contributed by atoms with Gasteiger partial charge < -0.3 is 9.84 Å². The summed E-state index contributed by atoms with van der Waals surface area (Å²) in [7, 11) is 0. The average Bonchev–Trinajstić information content (AvgIpc) is 2.76. The van der Waals surface area contributed by atoms with Gasteiger partial charge in [0.1, 0.15) is 11.6 Å². The molecule has 153 valence electrons. The molecule has 0 aliphatic carbocycles. The fourth-order valence-corrected chi connectivity index (χ4v) is 3.82. The van der Waals surface area contributed by atoms with Crippen LogP contribution in [0, 0.1) is 5.82 Å². The molecule has 9 heteroatoms. The maximum absolute atomic E-state index is 13.0. The number of hydrogen-bond acceptors (Lipinski definition) is 6. The number of aromatic hydroxyl groups is 1. The number of ether oxygens (including phenoxy) is 1. The monoisotopic (exact) mass is 401 g/mol. The van der Waals surface area contributed by atoms with E-state index in [-0.39, 0.29) is 24.1 Å². The normalized spacial score (nSPS) is 19.6. The molecule has 1 unspecified atom stereocenters. The zero-order valence-electron chi connectivity index (χ0n) is 15.9. The van der Waals surface area contributed by atoms with E-state index in [1.807, 2.05) is 0 Å². The topological polar surface area (TPSA) is 98.8 Å². The average molecular weight is 401 g/mol. The lowest BCUT2D eigenvalue weighted by molar-refractivity contribution is 0.00752. The Morgan fingerprint density at radius 1 is 1.24 bits per heavy atom. The van der Waals surface area contributed by atoms with Crippen molar-refractivity contribution >= 4 is 5.91 Å². The molecule has 2 aliphatic heterocycles. The van der Waals surface area contributed by atoms with Crippen molar-refractivity contribution in [1.82, 2.24) is 19.8 Å². The molecule has 1 aromatic heterocycles. The van der Waals surface area contributed by atoms with Crippen molar-refractivity contribution in [1.29, 1.82) is 0 Å². The first-order valence-corrected chi connectivity index (χ1v) is 9.66. The summed E-state index contributed by atoms with van der Waals surface area (Å²) in [6.07, 6.45) is 1.61. The fourth-order valence-electron chi connectivity index (χ4n) is 3.82. The second-order valence-electron chi connectivity index (χ2n) is 7.18. The van der Waals surface area contributed by atoms with E-state index in [9.17, 15) is 19.1 Å². The van der Waals surface area contributed by atoms with E-state index >= 15 is 0 Å². The highest BCUT2D eigenvalue weighted by Gasteiger charge is 2.32. The van der Waals surface area contributed by atoms with E-state index in [1.165, 1.54) is 28.8 Å². The first kappa shape index (κ1) is 19.5. The van der Waals surface area contributed by atoms with Crippen molar-refractivity contribution in [2.45, 2.75) is 32.0 Å². The third-order valence-corrected chi connectivity index (χ3v) is 5.34. The first-order chi connectivity index (χ1) is 14.0. The third-order valence-electron chi connectivity index (χ3n) is 5.34. The van der Waals surface area contributed by atoms with Gasteiger partial charge in [0.25, 0.3) is 11.5 Å². The number of benzene rings is 1. The second-order valence-corrected chi connectivity index (χ2v) is 7.18. The molecular weight excluding hydrogens is 379 g/mol. The van der Waals surface area contributed by atoms with Crippen molar-refractivity contribution in [3.63, 3.8) is 0 Å². The van der Waals surface area contributed by atoms with Crippen LogP contribution in [-0.2, 0) is 17.8 Å². The van der Waals surface area contributed by atoms with E-state index in [2.05, 4.69) is 15.2 Å². The minimum absolute atomic E-state index is 0.00550. The highest BCUT2D eigenvalue weighted by Crippen LogP contribution is 2.30. The van der Waals surface area contributed by atoms with Crippen LogP contribution in [0.3, 0.4) is 0 Å². The SMILES string of the molecule is O=C([N]Cc1ccc(F)cc1)c1nc2n(c(=O)c1O)CCCC2N1CCOCC1. The fraction of sp³-hybridized carbons (Fsp3) is 0.450. The van der Waals surface area contributed by atoms with Gasteiger partial charge in [-0.05, 0) is 30.5 Å². The van der Waals surface area contributed by atoms with Crippen LogP contribution < -0.4 is 10.9 Å². The van der Waals surface area contributed by atoms with E-state index in [4.69, 9.17) is 4.74 Å². The maximum atomic E-state index is 13.0. The summed E-state index contributed by atoms with van der Waals surface area (Å²) in [6, 6.07) is 5.50. The van der Waals surface area contributed by atoms with Crippen LogP contribution in [0.15, 0.2) is 29.1 Å². The van der Waals surface area contributed by atoms with Gasteiger partial charge in [-0.15, -0.1) is 0 Å². The summed E-state index contributed by atoms with van der Waals surface area (Å²) in [5.41, 5.74) is -0.308. The van der Waals surface area contributed by atoms with Crippen LogP contribution in [0.1, 0.15) is 40.8 Å². The van der Waals surface area contributed by atoms with Gasteiger partial charge in [0.05, 0.1) is 25.8 Å². The Hall–Kier alpha value is -2.78. The molecule has 2 aliphatic rings. The lowest BCUT2D eigenvalue weighted by atomic mass is 10.0. The molecular formula is C20H22FN4O4. The molecule has 2 aromatic rings. The zero-order chi connectivity index (χ0) is 20.4. The molecule has 29 heavy (non-hydrogen) atoms. The number of amides is 1. The van der Waals surface area contributed by atoms with Crippen molar-refractivity contribution in [3.05, 3.63) is 57.5 Å². The van der Waals surface area contributed by atoms with Crippen LogP contribution in [0.4, 0.5) is 4.39 Å². The van der Waals surface area contributed by atoms with Crippen LogP contribution in [0.2, 0.25) is 0 Å². The van der Waals surface area contributed by atoms with Crippen LogP contribution in [0.25, 0.3) is 0 Å². The highest BCUT2D eigenvalue weighted by molar-refractivity contribution is 5.94. The summed E-state index contributed by atoms with van der Waals surface area (Å²) < 4.78 is 19.9. The van der Waals surface area contributed by atoms with E-state index in [1.54, 1.807) is 0 Å². The number of rotatable bonds is 4. The highest BCUT2D eigenvalue weighted by atomic mass is 19.1. The molecule has 1 fully saturated rings. The molecule has 1 amide bonds. The van der Waals surface area contributed by atoms with Crippen molar-refractivity contribution in [3.8, 4) is 5.75 Å². The largest absolute Gasteiger partial charge is 0.501 e. The number of carbonyl (C=O) groups excluding carboxylic acids is 1. The number of carbonyl (C=O) groups is 1. The molecule has 0 spiro atoms. The summed E-state index contributed by atoms with van der Waals surface area (Å²) in [5.74, 6) is -1.33. The lowest BCUT2D eigenvalue weighted by Gasteiger charge is -2.37. The smallest absolute Gasteiger partial charge is 0.296 e. The Morgan fingerprint density at radius 3 is 2.69 bits per heavy atom. The van der Waals surface area contributed by atoms with Gasteiger partial charge in [-0.25, -0.2) is 14.7 Å². The van der Waals surface area contributed by atoms with Gasteiger partial charge in [-0.2, -0.15) is 0 Å². The molecule has 1 N–H and O–H groups in total. The molecule has 4 rings (SSSR count). The number of hydrogen-bond donors (Lipinski definition) is 1. The number of aromatic nitrogens is 2. The van der Waals surface area contributed by atoms with Crippen molar-refractivity contribution < 1.29 is 19.0 Å². The Balaban J connectivity index is 1.60. The predicted molar refractivity (Wildman–Crippen MR) is 101 cm³/mol. The van der Waals surface area contributed by atoms with Crippen molar-refractivity contribution in [2.24, 2.45) is 0 Å². The number of halogens is 1. The predicted octanol–water partition coefficient (Wildman–Crippen LogP) is 1.20. The third kappa shape index (κ3) is 4.01. The van der Waals surface area contributed by atoms with Gasteiger partial charge in [0, 0.05) is 19.6 Å². The first-order valence-electron chi connectivity index (χ1n) is 9.66. The Kier molecular flexibility index (Phi) is 5.59. The lowest BCUT2D eigenvalue weighted by Crippen LogP contribution is -2.44. The van der Waals surface area contributed by atoms with Crippen LogP contribution in [-0.4, -0.2) is 51.8 Å². The Labute approximate surface area is 166 Å². The quantitative estimate of drug-likeness (QED) is 0.827. The second kappa shape index (κ2) is 8.30. The number of nitrogens with zero attached hydrogens (tertiary/aromatic N) is 4. The van der Waals surface area contributed by atoms with Gasteiger partial charge in [-0.3, -0.25) is 19.1 Å². The maximum Gasteiger partial charge on any atom is 0.296 e. The zero-order valence-corrected chi connectivity index (χ0v) is 15.9.